The molecule has 1 N–H and O–H groups in total. The minimum Gasteiger partial charge on any atom is -0.495 e. The molecule has 0 saturated heterocycles. The molecule has 1 aromatic heterocycles. The second-order valence-electron chi connectivity index (χ2n) is 5.67. The summed E-state index contributed by atoms with van der Waals surface area (Å²) < 4.78 is 20.3. The average molecular weight is 375 g/mol. The molecule has 0 aliphatic carbocycles. The van der Waals surface area contributed by atoms with Crippen molar-refractivity contribution in [3.8, 4) is 11.4 Å². The highest BCUT2D eigenvalue weighted by atomic mass is 35.5. The molecular formula is C18H16ClFN4O2. The van der Waals surface area contributed by atoms with E-state index in [1.54, 1.807) is 44.2 Å². The van der Waals surface area contributed by atoms with Crippen molar-refractivity contribution >= 4 is 23.2 Å². The molecule has 3 aromatic rings. The van der Waals surface area contributed by atoms with Gasteiger partial charge in [-0.15, -0.1) is 5.10 Å². The number of halogens is 2. The van der Waals surface area contributed by atoms with Crippen LogP contribution in [0.3, 0.4) is 0 Å². The summed E-state index contributed by atoms with van der Waals surface area (Å²) in [5.41, 5.74) is 2.14. The number of ether oxygens (including phenoxy) is 1. The molecule has 1 amide bonds. The lowest BCUT2D eigenvalue weighted by Crippen LogP contribution is -2.14. The van der Waals surface area contributed by atoms with Crippen LogP contribution in [0.1, 0.15) is 21.7 Å². The Morgan fingerprint density at radius 3 is 2.65 bits per heavy atom. The fourth-order valence-corrected chi connectivity index (χ4v) is 2.69. The molecule has 8 heteroatoms. The van der Waals surface area contributed by atoms with E-state index in [0.29, 0.717) is 33.4 Å². The predicted octanol–water partition coefficient (Wildman–Crippen LogP) is 3.94. The molecular weight excluding hydrogens is 359 g/mol. The third kappa shape index (κ3) is 3.39. The third-order valence-corrected chi connectivity index (χ3v) is 4.21. The number of anilines is 1. The van der Waals surface area contributed by atoms with E-state index in [2.05, 4.69) is 15.6 Å². The van der Waals surface area contributed by atoms with Crippen molar-refractivity contribution in [3.05, 3.63) is 64.2 Å². The lowest BCUT2D eigenvalue weighted by molar-refractivity contribution is 0.102. The molecule has 0 aliphatic heterocycles. The number of nitrogens with zero attached hydrogens (tertiary/aromatic N) is 3. The minimum atomic E-state index is -0.442. The summed E-state index contributed by atoms with van der Waals surface area (Å²) in [6.07, 6.45) is 0. The van der Waals surface area contributed by atoms with Crippen molar-refractivity contribution in [1.29, 1.82) is 0 Å². The Hall–Kier alpha value is -2.93. The number of nitrogens with one attached hydrogen (secondary N) is 1. The van der Waals surface area contributed by atoms with E-state index in [-0.39, 0.29) is 11.5 Å². The standard InChI is InChI=1S/C18H16ClFN4O2/c1-10-4-6-13(9-15(10)20)24-11(2)17(22-23-24)18(25)21-12-5-7-16(26-3)14(19)8-12/h4-9H,1-3H3,(H,21,25). The maximum absolute atomic E-state index is 13.8. The van der Waals surface area contributed by atoms with Gasteiger partial charge in [0, 0.05) is 5.69 Å². The molecule has 0 spiro atoms. The Morgan fingerprint density at radius 2 is 2.00 bits per heavy atom. The molecule has 0 atom stereocenters. The Morgan fingerprint density at radius 1 is 1.23 bits per heavy atom. The van der Waals surface area contributed by atoms with Crippen LogP contribution in [0.15, 0.2) is 36.4 Å². The molecule has 0 radical (unpaired) electrons. The maximum atomic E-state index is 13.8. The number of rotatable bonds is 4. The summed E-state index contributed by atoms with van der Waals surface area (Å²) in [5, 5.41) is 11.0. The minimum absolute atomic E-state index is 0.137. The third-order valence-electron chi connectivity index (χ3n) is 3.92. The van der Waals surface area contributed by atoms with Crippen LogP contribution in [0.25, 0.3) is 5.69 Å². The molecule has 0 fully saturated rings. The first-order chi connectivity index (χ1) is 12.4. The maximum Gasteiger partial charge on any atom is 0.278 e. The number of methoxy groups -OCH3 is 1. The van der Waals surface area contributed by atoms with Crippen LogP contribution in [0.5, 0.6) is 5.75 Å². The topological polar surface area (TPSA) is 69.0 Å². The Kier molecular flexibility index (Phi) is 4.90. The fourth-order valence-electron chi connectivity index (χ4n) is 2.43. The van der Waals surface area contributed by atoms with Gasteiger partial charge in [0.25, 0.3) is 5.91 Å². The molecule has 2 aromatic carbocycles. The highest BCUT2D eigenvalue weighted by Gasteiger charge is 2.18. The van der Waals surface area contributed by atoms with Gasteiger partial charge in [0.05, 0.1) is 23.5 Å². The Balaban J connectivity index is 1.86. The summed E-state index contributed by atoms with van der Waals surface area (Å²) in [6.45, 7) is 3.36. The molecule has 0 unspecified atom stereocenters. The van der Waals surface area contributed by atoms with Gasteiger partial charge in [0.15, 0.2) is 5.69 Å². The number of carbonyl (C=O) groups excluding carboxylic acids is 1. The van der Waals surface area contributed by atoms with Gasteiger partial charge < -0.3 is 10.1 Å². The van der Waals surface area contributed by atoms with Crippen molar-refractivity contribution in [2.45, 2.75) is 13.8 Å². The van der Waals surface area contributed by atoms with Crippen molar-refractivity contribution in [1.82, 2.24) is 15.0 Å². The van der Waals surface area contributed by atoms with E-state index in [0.717, 1.165) is 0 Å². The number of aromatic nitrogens is 3. The zero-order valence-corrected chi connectivity index (χ0v) is 15.1. The van der Waals surface area contributed by atoms with Crippen LogP contribution in [-0.4, -0.2) is 28.0 Å². The molecule has 26 heavy (non-hydrogen) atoms. The molecule has 0 bridgehead atoms. The molecule has 1 heterocycles. The first kappa shape index (κ1) is 17.9. The Bertz CT molecular complexity index is 987. The largest absolute Gasteiger partial charge is 0.495 e. The fraction of sp³-hybridized carbons (Fsp3) is 0.167. The zero-order valence-electron chi connectivity index (χ0n) is 14.4. The van der Waals surface area contributed by atoms with Crippen LogP contribution in [-0.2, 0) is 0 Å². The highest BCUT2D eigenvalue weighted by molar-refractivity contribution is 6.32. The normalized spacial score (nSPS) is 10.7. The summed E-state index contributed by atoms with van der Waals surface area (Å²) in [7, 11) is 1.51. The average Bonchev–Trinajstić information content (AvgIpc) is 2.99. The number of benzene rings is 2. The number of carbonyl (C=O) groups is 1. The van der Waals surface area contributed by atoms with Gasteiger partial charge in [-0.05, 0) is 49.7 Å². The van der Waals surface area contributed by atoms with E-state index in [1.165, 1.54) is 17.9 Å². The van der Waals surface area contributed by atoms with E-state index in [1.807, 2.05) is 0 Å². The van der Waals surface area contributed by atoms with Crippen molar-refractivity contribution in [2.24, 2.45) is 0 Å². The quantitative estimate of drug-likeness (QED) is 0.751. The first-order valence-corrected chi connectivity index (χ1v) is 8.12. The van der Waals surface area contributed by atoms with Crippen LogP contribution >= 0.6 is 11.6 Å². The second kappa shape index (κ2) is 7.13. The van der Waals surface area contributed by atoms with Crippen LogP contribution in [0.4, 0.5) is 10.1 Å². The molecule has 0 saturated carbocycles. The predicted molar refractivity (Wildman–Crippen MR) is 96.7 cm³/mol. The van der Waals surface area contributed by atoms with Crippen LogP contribution < -0.4 is 10.1 Å². The van der Waals surface area contributed by atoms with Gasteiger partial charge in [-0.3, -0.25) is 4.79 Å². The van der Waals surface area contributed by atoms with Crippen molar-refractivity contribution < 1.29 is 13.9 Å². The number of amides is 1. The summed E-state index contributed by atoms with van der Waals surface area (Å²) in [6, 6.07) is 9.60. The van der Waals surface area contributed by atoms with Gasteiger partial charge in [0.2, 0.25) is 0 Å². The van der Waals surface area contributed by atoms with Gasteiger partial charge in [-0.1, -0.05) is 22.9 Å². The number of aryl methyl sites for hydroxylation is 1. The molecule has 0 aliphatic rings. The molecule has 3 rings (SSSR count). The number of hydrogen-bond donors (Lipinski definition) is 1. The first-order valence-electron chi connectivity index (χ1n) is 7.74. The SMILES string of the molecule is COc1ccc(NC(=O)c2nnn(-c3ccc(C)c(F)c3)c2C)cc1Cl. The highest BCUT2D eigenvalue weighted by Crippen LogP contribution is 2.27. The summed E-state index contributed by atoms with van der Waals surface area (Å²) >= 11 is 6.06. The molecule has 6 nitrogen and oxygen atoms in total. The van der Waals surface area contributed by atoms with Gasteiger partial charge in [-0.2, -0.15) is 0 Å². The van der Waals surface area contributed by atoms with Crippen molar-refractivity contribution in [2.75, 3.05) is 12.4 Å². The van der Waals surface area contributed by atoms with Crippen molar-refractivity contribution in [3.63, 3.8) is 0 Å². The van der Waals surface area contributed by atoms with Crippen LogP contribution in [0, 0.1) is 19.7 Å². The van der Waals surface area contributed by atoms with Gasteiger partial charge in [-0.25, -0.2) is 9.07 Å². The Labute approximate surface area is 154 Å². The summed E-state index contributed by atoms with van der Waals surface area (Å²) in [5.74, 6) is -0.285. The van der Waals surface area contributed by atoms with Crippen LogP contribution in [0.2, 0.25) is 5.02 Å². The van der Waals surface area contributed by atoms with E-state index in [9.17, 15) is 9.18 Å². The second-order valence-corrected chi connectivity index (χ2v) is 6.08. The van der Waals surface area contributed by atoms with Gasteiger partial charge >= 0.3 is 0 Å². The van der Waals surface area contributed by atoms with E-state index in [4.69, 9.17) is 16.3 Å². The van der Waals surface area contributed by atoms with Gasteiger partial charge in [0.1, 0.15) is 11.6 Å². The smallest absolute Gasteiger partial charge is 0.278 e. The number of hydrogen-bond acceptors (Lipinski definition) is 4. The lowest BCUT2D eigenvalue weighted by atomic mass is 10.2. The van der Waals surface area contributed by atoms with E-state index < -0.39 is 5.91 Å². The zero-order chi connectivity index (χ0) is 18.8. The monoisotopic (exact) mass is 374 g/mol. The molecule has 134 valence electrons. The summed E-state index contributed by atoms with van der Waals surface area (Å²) in [4.78, 5) is 12.5. The van der Waals surface area contributed by atoms with E-state index >= 15 is 0 Å². The lowest BCUT2D eigenvalue weighted by Gasteiger charge is -2.08.